The molecule has 0 aromatic carbocycles. The van der Waals surface area contributed by atoms with E-state index in [9.17, 15) is 13.2 Å². The van der Waals surface area contributed by atoms with Gasteiger partial charge in [0.1, 0.15) is 0 Å². The van der Waals surface area contributed by atoms with Crippen LogP contribution >= 0.6 is 0 Å². The number of hydrogen-bond acceptors (Lipinski definition) is 1. The first-order valence-corrected chi connectivity index (χ1v) is 3.29. The average Bonchev–Trinajstić information content (AvgIpc) is 1.82. The van der Waals surface area contributed by atoms with Gasteiger partial charge in [-0.3, -0.25) is 0 Å². The topological polar surface area (TPSA) is 64.4 Å². The number of allylic oxidation sites excluding steroid dienone is 3. The lowest BCUT2D eigenvalue weighted by molar-refractivity contribution is -0.0889. The summed E-state index contributed by atoms with van der Waals surface area (Å²) in [6.07, 6.45) is -3.81. The van der Waals surface area contributed by atoms with Crippen molar-refractivity contribution >= 4 is 5.96 Å². The standard InChI is InChI=1S/C7H10F3N3/c1-3-5(7(8,9)10)4(2)13-6(11)12/h3H,1H2,2H3,(H4,11,12,13)/b5-4+. The Morgan fingerprint density at radius 2 is 1.85 bits per heavy atom. The van der Waals surface area contributed by atoms with Crippen LogP contribution in [-0.2, 0) is 0 Å². The predicted octanol–water partition coefficient (Wildman–Crippen LogP) is 1.28. The smallest absolute Gasteiger partial charge is 0.370 e. The minimum Gasteiger partial charge on any atom is -0.370 e. The third-order valence-electron chi connectivity index (χ3n) is 1.20. The van der Waals surface area contributed by atoms with E-state index >= 15 is 0 Å². The van der Waals surface area contributed by atoms with Crippen molar-refractivity contribution in [3.05, 3.63) is 23.9 Å². The van der Waals surface area contributed by atoms with E-state index in [1.807, 2.05) is 0 Å². The fourth-order valence-corrected chi connectivity index (χ4v) is 0.722. The molecule has 0 aromatic heterocycles. The molecule has 74 valence electrons. The lowest BCUT2D eigenvalue weighted by Gasteiger charge is -2.08. The third kappa shape index (κ3) is 3.64. The maximum atomic E-state index is 12.1. The Hall–Kier alpha value is -1.46. The highest BCUT2D eigenvalue weighted by Crippen LogP contribution is 2.29. The first kappa shape index (κ1) is 11.5. The van der Waals surface area contributed by atoms with E-state index < -0.39 is 17.7 Å². The molecular weight excluding hydrogens is 183 g/mol. The molecule has 0 heterocycles. The maximum absolute atomic E-state index is 12.1. The highest BCUT2D eigenvalue weighted by Gasteiger charge is 2.33. The largest absolute Gasteiger partial charge is 0.418 e. The number of nitrogens with two attached hydrogens (primary N) is 2. The van der Waals surface area contributed by atoms with Crippen molar-refractivity contribution in [1.82, 2.24) is 0 Å². The highest BCUT2D eigenvalue weighted by molar-refractivity contribution is 5.77. The van der Waals surface area contributed by atoms with Gasteiger partial charge in [-0.25, -0.2) is 4.99 Å². The monoisotopic (exact) mass is 193 g/mol. The van der Waals surface area contributed by atoms with Gasteiger partial charge in [0.2, 0.25) is 0 Å². The van der Waals surface area contributed by atoms with Crippen LogP contribution in [-0.4, -0.2) is 12.1 Å². The molecule has 0 saturated carbocycles. The van der Waals surface area contributed by atoms with Crippen LogP contribution in [0, 0.1) is 0 Å². The molecule has 13 heavy (non-hydrogen) atoms. The van der Waals surface area contributed by atoms with Gasteiger partial charge in [0.05, 0.1) is 11.3 Å². The number of halogens is 3. The van der Waals surface area contributed by atoms with E-state index in [1.54, 1.807) is 0 Å². The molecule has 0 aliphatic rings. The number of hydrogen-bond donors (Lipinski definition) is 2. The minimum atomic E-state index is -4.48. The van der Waals surface area contributed by atoms with Gasteiger partial charge in [-0.05, 0) is 6.92 Å². The van der Waals surface area contributed by atoms with Crippen LogP contribution in [0.15, 0.2) is 28.9 Å². The van der Waals surface area contributed by atoms with Crippen LogP contribution < -0.4 is 11.5 Å². The van der Waals surface area contributed by atoms with E-state index in [1.165, 1.54) is 0 Å². The molecule has 0 radical (unpaired) electrons. The Morgan fingerprint density at radius 3 is 2.08 bits per heavy atom. The van der Waals surface area contributed by atoms with Gasteiger partial charge in [-0.1, -0.05) is 12.7 Å². The summed E-state index contributed by atoms with van der Waals surface area (Å²) in [6, 6.07) is 0. The quantitative estimate of drug-likeness (QED) is 0.394. The molecule has 6 heteroatoms. The summed E-state index contributed by atoms with van der Waals surface area (Å²) in [4.78, 5) is 3.28. The van der Waals surface area contributed by atoms with Crippen LogP contribution in [0.1, 0.15) is 6.92 Å². The Morgan fingerprint density at radius 1 is 1.38 bits per heavy atom. The number of alkyl halides is 3. The molecule has 0 amide bonds. The lowest BCUT2D eigenvalue weighted by Crippen LogP contribution is -2.23. The molecule has 0 aliphatic carbocycles. The predicted molar refractivity (Wildman–Crippen MR) is 44.8 cm³/mol. The first-order chi connectivity index (χ1) is 5.79. The van der Waals surface area contributed by atoms with Gasteiger partial charge in [-0.2, -0.15) is 13.2 Å². The van der Waals surface area contributed by atoms with Crippen molar-refractivity contribution in [1.29, 1.82) is 0 Å². The van der Waals surface area contributed by atoms with Crippen molar-refractivity contribution in [2.24, 2.45) is 16.5 Å². The molecule has 0 atom stereocenters. The second kappa shape index (κ2) is 3.97. The zero-order valence-electron chi connectivity index (χ0n) is 7.02. The molecule has 0 fully saturated rings. The number of aliphatic imine (C=N–C) groups is 1. The molecule has 4 N–H and O–H groups in total. The molecular formula is C7H10F3N3. The summed E-state index contributed by atoms with van der Waals surface area (Å²) in [5, 5.41) is 0. The summed E-state index contributed by atoms with van der Waals surface area (Å²) >= 11 is 0. The van der Waals surface area contributed by atoms with Crippen LogP contribution in [0.3, 0.4) is 0 Å². The number of rotatable bonds is 2. The maximum Gasteiger partial charge on any atom is 0.418 e. The first-order valence-electron chi connectivity index (χ1n) is 3.29. The van der Waals surface area contributed by atoms with Gasteiger partial charge in [0.15, 0.2) is 5.96 Å². The van der Waals surface area contributed by atoms with E-state index in [2.05, 4.69) is 11.6 Å². The Bertz CT molecular complexity index is 259. The molecule has 0 aromatic rings. The molecule has 0 saturated heterocycles. The zero-order valence-corrected chi connectivity index (χ0v) is 7.02. The van der Waals surface area contributed by atoms with Gasteiger partial charge in [0, 0.05) is 0 Å². The van der Waals surface area contributed by atoms with E-state index in [0.29, 0.717) is 6.08 Å². The van der Waals surface area contributed by atoms with E-state index in [0.717, 1.165) is 6.92 Å². The SMILES string of the molecule is C=C/C(=C(/C)N=C(N)N)C(F)(F)F. The fraction of sp³-hybridized carbons (Fsp3) is 0.286. The number of nitrogens with zero attached hydrogens (tertiary/aromatic N) is 1. The molecule has 0 spiro atoms. The molecule has 0 unspecified atom stereocenters. The Labute approximate surface area is 73.6 Å². The minimum absolute atomic E-state index is 0.303. The third-order valence-corrected chi connectivity index (χ3v) is 1.20. The summed E-state index contributed by atoms with van der Waals surface area (Å²) in [5.74, 6) is -0.416. The summed E-state index contributed by atoms with van der Waals surface area (Å²) in [5.41, 5.74) is 8.60. The van der Waals surface area contributed by atoms with Crippen molar-refractivity contribution < 1.29 is 13.2 Å². The van der Waals surface area contributed by atoms with Crippen molar-refractivity contribution in [3.8, 4) is 0 Å². The van der Waals surface area contributed by atoms with Gasteiger partial charge in [-0.15, -0.1) is 0 Å². The highest BCUT2D eigenvalue weighted by atomic mass is 19.4. The van der Waals surface area contributed by atoms with E-state index in [-0.39, 0.29) is 5.70 Å². The van der Waals surface area contributed by atoms with Crippen LogP contribution in [0.4, 0.5) is 13.2 Å². The second-order valence-corrected chi connectivity index (χ2v) is 2.24. The van der Waals surface area contributed by atoms with Crippen LogP contribution in [0.5, 0.6) is 0 Å². The molecule has 0 bridgehead atoms. The number of guanidine groups is 1. The fourth-order valence-electron chi connectivity index (χ4n) is 0.722. The van der Waals surface area contributed by atoms with Gasteiger partial charge < -0.3 is 11.5 Å². The van der Waals surface area contributed by atoms with Crippen LogP contribution in [0.2, 0.25) is 0 Å². The Kier molecular flexibility index (Phi) is 3.53. The average molecular weight is 193 g/mol. The second-order valence-electron chi connectivity index (χ2n) is 2.24. The normalized spacial score (nSPS) is 13.2. The van der Waals surface area contributed by atoms with E-state index in [4.69, 9.17) is 11.5 Å². The molecule has 0 rings (SSSR count). The molecule has 0 aliphatic heterocycles. The zero-order chi connectivity index (χ0) is 10.6. The van der Waals surface area contributed by atoms with Gasteiger partial charge >= 0.3 is 6.18 Å². The summed E-state index contributed by atoms with van der Waals surface area (Å²) in [6.45, 7) is 4.18. The summed E-state index contributed by atoms with van der Waals surface area (Å²) < 4.78 is 36.4. The molecule has 3 nitrogen and oxygen atoms in total. The van der Waals surface area contributed by atoms with Crippen molar-refractivity contribution in [2.45, 2.75) is 13.1 Å². The van der Waals surface area contributed by atoms with Crippen molar-refractivity contribution in [3.63, 3.8) is 0 Å². The lowest BCUT2D eigenvalue weighted by atomic mass is 10.2. The van der Waals surface area contributed by atoms with Crippen LogP contribution in [0.25, 0.3) is 0 Å². The van der Waals surface area contributed by atoms with Gasteiger partial charge in [0.25, 0.3) is 0 Å². The summed E-state index contributed by atoms with van der Waals surface area (Å²) in [7, 11) is 0. The Balaban J connectivity index is 5.15. The van der Waals surface area contributed by atoms with Crippen molar-refractivity contribution in [2.75, 3.05) is 0 Å².